The Bertz CT molecular complexity index is 941. The maximum Gasteiger partial charge on any atom is 0.306 e. The highest BCUT2D eigenvalue weighted by molar-refractivity contribution is 6.01. The van der Waals surface area contributed by atoms with Gasteiger partial charge in [0.15, 0.2) is 17.1 Å². The fourth-order valence-electron chi connectivity index (χ4n) is 7.89. The summed E-state index contributed by atoms with van der Waals surface area (Å²) in [5, 5.41) is 11.5. The molecule has 33 heavy (non-hydrogen) atoms. The van der Waals surface area contributed by atoms with Crippen LogP contribution in [0.15, 0.2) is 23.8 Å². The van der Waals surface area contributed by atoms with Crippen molar-refractivity contribution in [1.29, 1.82) is 0 Å². The van der Waals surface area contributed by atoms with Gasteiger partial charge in [0.25, 0.3) is 0 Å². The third-order valence-electron chi connectivity index (χ3n) is 9.43. The Balaban J connectivity index is 1.84. The first kappa shape index (κ1) is 24.3. The lowest BCUT2D eigenvalue weighted by Gasteiger charge is -2.62. The van der Waals surface area contributed by atoms with Crippen molar-refractivity contribution in [3.63, 3.8) is 0 Å². The van der Waals surface area contributed by atoms with Gasteiger partial charge < -0.3 is 14.6 Å². The maximum absolute atomic E-state index is 17.3. The Morgan fingerprint density at radius 1 is 1.27 bits per heavy atom. The Hall–Kier alpha value is -1.86. The third kappa shape index (κ3) is 2.94. The minimum atomic E-state index is -1.99. The molecule has 0 saturated heterocycles. The molecule has 4 rings (SSSR count). The number of rotatable bonds is 5. The number of fused-ring (bicyclic) bond motifs is 5. The number of hydrogen-bond acceptors (Lipinski definition) is 6. The van der Waals surface area contributed by atoms with Crippen LogP contribution in [0.1, 0.15) is 59.8 Å². The van der Waals surface area contributed by atoms with Crippen LogP contribution in [-0.2, 0) is 23.9 Å². The van der Waals surface area contributed by atoms with Gasteiger partial charge in [-0.05, 0) is 50.7 Å². The van der Waals surface area contributed by atoms with Gasteiger partial charge in [-0.15, -0.1) is 0 Å². The van der Waals surface area contributed by atoms with Crippen LogP contribution >= 0.6 is 0 Å². The predicted molar refractivity (Wildman–Crippen MR) is 119 cm³/mol. The van der Waals surface area contributed by atoms with E-state index in [1.165, 1.54) is 19.3 Å². The number of carbonyl (C=O) groups excluding carboxylic acids is 3. The SMILES string of the molecule is CCC(=O)O[C@]1(C(=O)COC)[C@@H](C)C[C@H]2[C@@H]3CCC4=CC(=O)C=CC4(C)[C@@]3(F)[C@@H](O)CC21C. The first-order valence-electron chi connectivity index (χ1n) is 12.0. The molecule has 0 heterocycles. The second-order valence-electron chi connectivity index (χ2n) is 10.8. The van der Waals surface area contributed by atoms with Crippen molar-refractivity contribution in [1.82, 2.24) is 0 Å². The summed E-state index contributed by atoms with van der Waals surface area (Å²) in [5.74, 6) is -2.18. The van der Waals surface area contributed by atoms with E-state index in [0.29, 0.717) is 24.8 Å². The van der Waals surface area contributed by atoms with Crippen molar-refractivity contribution in [3.05, 3.63) is 23.8 Å². The number of ketones is 2. The van der Waals surface area contributed by atoms with E-state index in [0.717, 1.165) is 0 Å². The van der Waals surface area contributed by atoms with E-state index in [2.05, 4.69) is 0 Å². The number of halogens is 1. The summed E-state index contributed by atoms with van der Waals surface area (Å²) in [6, 6.07) is 0. The zero-order chi connectivity index (χ0) is 24.4. The number of esters is 1. The molecule has 0 amide bonds. The Morgan fingerprint density at radius 3 is 2.61 bits per heavy atom. The van der Waals surface area contributed by atoms with Gasteiger partial charge in [0.2, 0.25) is 5.78 Å². The van der Waals surface area contributed by atoms with Crippen molar-refractivity contribution >= 4 is 17.5 Å². The van der Waals surface area contributed by atoms with Crippen LogP contribution in [0.25, 0.3) is 0 Å². The van der Waals surface area contributed by atoms with E-state index in [1.807, 2.05) is 13.8 Å². The number of Topliss-reactive ketones (excluding diaryl/α,β-unsaturated/α-hetero) is 1. The Kier molecular flexibility index (Phi) is 5.77. The smallest absolute Gasteiger partial charge is 0.306 e. The first-order valence-corrected chi connectivity index (χ1v) is 12.0. The lowest BCUT2D eigenvalue weighted by atomic mass is 9.44. The number of hydrogen-bond donors (Lipinski definition) is 1. The summed E-state index contributed by atoms with van der Waals surface area (Å²) in [6.45, 7) is 6.96. The zero-order valence-corrected chi connectivity index (χ0v) is 20.2. The Labute approximate surface area is 194 Å². The molecular formula is C26H35FO6. The number of alkyl halides is 1. The molecule has 1 N–H and O–H groups in total. The van der Waals surface area contributed by atoms with E-state index in [1.54, 1.807) is 19.9 Å². The molecule has 0 spiro atoms. The van der Waals surface area contributed by atoms with Gasteiger partial charge in [-0.25, -0.2) is 4.39 Å². The van der Waals surface area contributed by atoms with E-state index in [4.69, 9.17) is 9.47 Å². The molecule has 182 valence electrons. The quantitative estimate of drug-likeness (QED) is 0.629. The second kappa shape index (κ2) is 7.84. The van der Waals surface area contributed by atoms with Gasteiger partial charge in [0.1, 0.15) is 6.61 Å². The highest BCUT2D eigenvalue weighted by atomic mass is 19.1. The molecule has 0 aromatic rings. The van der Waals surface area contributed by atoms with E-state index in [-0.39, 0.29) is 42.9 Å². The summed E-state index contributed by atoms with van der Waals surface area (Å²) >= 11 is 0. The van der Waals surface area contributed by atoms with Gasteiger partial charge in [0.05, 0.1) is 6.10 Å². The molecule has 6 nitrogen and oxygen atoms in total. The fourth-order valence-corrected chi connectivity index (χ4v) is 7.89. The van der Waals surface area contributed by atoms with E-state index < -0.39 is 40.1 Å². The number of ether oxygens (including phenoxy) is 2. The number of methoxy groups -OCH3 is 1. The zero-order valence-electron chi connectivity index (χ0n) is 20.2. The molecule has 4 aliphatic rings. The van der Waals surface area contributed by atoms with Gasteiger partial charge in [-0.2, -0.15) is 0 Å². The fraction of sp³-hybridized carbons (Fsp3) is 0.731. The van der Waals surface area contributed by atoms with Crippen molar-refractivity contribution in [2.45, 2.75) is 77.2 Å². The molecule has 3 fully saturated rings. The van der Waals surface area contributed by atoms with Gasteiger partial charge in [-0.1, -0.05) is 32.4 Å². The molecule has 0 radical (unpaired) electrons. The van der Waals surface area contributed by atoms with Crippen molar-refractivity contribution in [2.24, 2.45) is 28.6 Å². The molecule has 0 bridgehead atoms. The van der Waals surface area contributed by atoms with Crippen molar-refractivity contribution < 1.29 is 33.4 Å². The highest BCUT2D eigenvalue weighted by Gasteiger charge is 2.77. The second-order valence-corrected chi connectivity index (χ2v) is 10.8. The topological polar surface area (TPSA) is 89.9 Å². The van der Waals surface area contributed by atoms with E-state index >= 15 is 4.39 Å². The van der Waals surface area contributed by atoms with Crippen LogP contribution in [-0.4, -0.2) is 53.7 Å². The molecule has 4 aliphatic carbocycles. The monoisotopic (exact) mass is 462 g/mol. The minimum absolute atomic E-state index is 0.0217. The molecule has 2 unspecified atom stereocenters. The summed E-state index contributed by atoms with van der Waals surface area (Å²) in [4.78, 5) is 38.1. The van der Waals surface area contributed by atoms with Crippen LogP contribution in [0.3, 0.4) is 0 Å². The average Bonchev–Trinajstić information content (AvgIpc) is 2.97. The maximum atomic E-state index is 17.3. The normalized spacial score (nSPS) is 46.2. The first-order chi connectivity index (χ1) is 15.4. The standard InChI is InChI=1S/C26H35FO6/c1-6-22(31)33-26(21(30)14-32-5)15(2)11-19-18-8-7-16-12-17(28)9-10-23(16,3)25(18,27)20(29)13-24(19,26)4/h9-10,12,15,18-20,29H,6-8,11,13-14H2,1-5H3/t15-,18-,19-,20-,23?,24?,25-,26-/m0/s1. The van der Waals surface area contributed by atoms with Crippen molar-refractivity contribution in [2.75, 3.05) is 13.7 Å². The molecular weight excluding hydrogens is 427 g/mol. The number of aliphatic hydroxyl groups excluding tert-OH is 1. The number of carbonyl (C=O) groups is 3. The largest absolute Gasteiger partial charge is 0.450 e. The third-order valence-corrected chi connectivity index (χ3v) is 9.43. The molecule has 0 aromatic carbocycles. The number of allylic oxidation sites excluding steroid dienone is 4. The lowest BCUT2D eigenvalue weighted by Crippen LogP contribution is -2.70. The molecule has 0 aromatic heterocycles. The molecule has 7 heteroatoms. The molecule has 8 atom stereocenters. The van der Waals surface area contributed by atoms with Crippen LogP contribution in [0, 0.1) is 28.6 Å². The predicted octanol–water partition coefficient (Wildman–Crippen LogP) is 3.51. The van der Waals surface area contributed by atoms with E-state index in [9.17, 15) is 19.5 Å². The van der Waals surface area contributed by atoms with Gasteiger partial charge in [-0.3, -0.25) is 14.4 Å². The van der Waals surface area contributed by atoms with Crippen LogP contribution in [0.2, 0.25) is 0 Å². The molecule has 3 saturated carbocycles. The van der Waals surface area contributed by atoms with Gasteiger partial charge >= 0.3 is 5.97 Å². The van der Waals surface area contributed by atoms with Gasteiger partial charge in [0, 0.05) is 36.2 Å². The lowest BCUT2D eigenvalue weighted by molar-refractivity contribution is -0.228. The van der Waals surface area contributed by atoms with Crippen LogP contribution in [0.5, 0.6) is 0 Å². The van der Waals surface area contributed by atoms with Crippen molar-refractivity contribution in [3.8, 4) is 0 Å². The summed E-state index contributed by atoms with van der Waals surface area (Å²) in [7, 11) is 1.42. The number of aliphatic hydroxyl groups is 1. The Morgan fingerprint density at radius 2 is 1.97 bits per heavy atom. The average molecular weight is 463 g/mol. The summed E-state index contributed by atoms with van der Waals surface area (Å²) in [6.07, 6.45) is 4.71. The van der Waals surface area contributed by atoms with Crippen LogP contribution < -0.4 is 0 Å². The summed E-state index contributed by atoms with van der Waals surface area (Å²) < 4.78 is 28.4. The summed E-state index contributed by atoms with van der Waals surface area (Å²) in [5.41, 5.74) is -4.82. The highest BCUT2D eigenvalue weighted by Crippen LogP contribution is 2.71. The van der Waals surface area contributed by atoms with Crippen LogP contribution in [0.4, 0.5) is 4.39 Å². The molecule has 0 aliphatic heterocycles. The minimum Gasteiger partial charge on any atom is -0.450 e.